The molecule has 0 amide bonds. The molecule has 2 heterocycles. The third-order valence-electron chi connectivity index (χ3n) is 1.36. The fourth-order valence-corrected chi connectivity index (χ4v) is 1.35. The molecule has 0 atom stereocenters. The van der Waals surface area contributed by atoms with Gasteiger partial charge in [-0.25, -0.2) is 4.98 Å². The maximum Gasteiger partial charge on any atom is 0.241 e. The van der Waals surface area contributed by atoms with E-state index in [9.17, 15) is 0 Å². The van der Waals surface area contributed by atoms with E-state index in [1.165, 1.54) is 11.3 Å². The molecular weight excluding hydrogens is 188 g/mol. The van der Waals surface area contributed by atoms with Crippen molar-refractivity contribution in [3.8, 4) is 17.6 Å². The predicted molar refractivity (Wildman–Crippen MR) is 44.7 cm³/mol. The second kappa shape index (κ2) is 3.33. The zero-order valence-corrected chi connectivity index (χ0v) is 7.28. The third kappa shape index (κ3) is 1.55. The SMILES string of the molecule is N#CCc1nc(-c2cscn2)no1. The van der Waals surface area contributed by atoms with Crippen LogP contribution in [0.5, 0.6) is 0 Å². The summed E-state index contributed by atoms with van der Waals surface area (Å²) in [6.45, 7) is 0. The van der Waals surface area contributed by atoms with Crippen LogP contribution in [-0.2, 0) is 6.42 Å². The molecule has 2 aromatic heterocycles. The van der Waals surface area contributed by atoms with Gasteiger partial charge in [-0.15, -0.1) is 11.3 Å². The molecular formula is C7H4N4OS. The van der Waals surface area contributed by atoms with Crippen LogP contribution in [0.4, 0.5) is 0 Å². The third-order valence-corrected chi connectivity index (χ3v) is 1.95. The first-order chi connectivity index (χ1) is 6.40. The van der Waals surface area contributed by atoms with Gasteiger partial charge in [0.1, 0.15) is 12.1 Å². The average Bonchev–Trinajstić information content (AvgIpc) is 2.70. The quantitative estimate of drug-likeness (QED) is 0.715. The highest BCUT2D eigenvalue weighted by atomic mass is 32.1. The standard InChI is InChI=1S/C7H4N4OS/c8-2-1-6-10-7(11-12-6)5-3-13-4-9-5/h3-4H,1H2. The van der Waals surface area contributed by atoms with Gasteiger partial charge in [0.25, 0.3) is 0 Å². The normalized spacial score (nSPS) is 9.77. The van der Waals surface area contributed by atoms with E-state index in [4.69, 9.17) is 9.78 Å². The minimum absolute atomic E-state index is 0.136. The Balaban J connectivity index is 2.29. The first kappa shape index (κ1) is 7.89. The number of hydrogen-bond donors (Lipinski definition) is 0. The van der Waals surface area contributed by atoms with Gasteiger partial charge in [0.05, 0.1) is 11.6 Å². The summed E-state index contributed by atoms with van der Waals surface area (Å²) in [5, 5.41) is 13.9. The van der Waals surface area contributed by atoms with Gasteiger partial charge in [0.15, 0.2) is 0 Å². The summed E-state index contributed by atoms with van der Waals surface area (Å²) in [6.07, 6.45) is 0.136. The van der Waals surface area contributed by atoms with Gasteiger partial charge in [0, 0.05) is 5.38 Å². The Morgan fingerprint density at radius 3 is 3.23 bits per heavy atom. The summed E-state index contributed by atoms with van der Waals surface area (Å²) in [5.41, 5.74) is 2.37. The van der Waals surface area contributed by atoms with Gasteiger partial charge in [-0.3, -0.25) is 0 Å². The lowest BCUT2D eigenvalue weighted by atomic mass is 10.4. The maximum absolute atomic E-state index is 8.37. The molecule has 0 aliphatic carbocycles. The molecule has 0 N–H and O–H groups in total. The summed E-state index contributed by atoms with van der Waals surface area (Å²) < 4.78 is 4.81. The molecule has 0 bridgehead atoms. The largest absolute Gasteiger partial charge is 0.338 e. The molecule has 0 spiro atoms. The van der Waals surface area contributed by atoms with Crippen molar-refractivity contribution in [2.24, 2.45) is 0 Å². The van der Waals surface area contributed by atoms with E-state index < -0.39 is 0 Å². The van der Waals surface area contributed by atoms with Gasteiger partial charge >= 0.3 is 0 Å². The van der Waals surface area contributed by atoms with E-state index >= 15 is 0 Å². The lowest BCUT2D eigenvalue weighted by Gasteiger charge is -1.80. The highest BCUT2D eigenvalue weighted by Crippen LogP contribution is 2.14. The Morgan fingerprint density at radius 2 is 2.54 bits per heavy atom. The van der Waals surface area contributed by atoms with Crippen molar-refractivity contribution in [3.05, 3.63) is 16.8 Å². The van der Waals surface area contributed by atoms with Crippen LogP contribution in [0.1, 0.15) is 5.89 Å². The van der Waals surface area contributed by atoms with Gasteiger partial charge in [0.2, 0.25) is 11.7 Å². The lowest BCUT2D eigenvalue weighted by molar-refractivity contribution is 0.387. The fraction of sp³-hybridized carbons (Fsp3) is 0.143. The zero-order valence-electron chi connectivity index (χ0n) is 6.47. The van der Waals surface area contributed by atoms with Crippen molar-refractivity contribution in [1.29, 1.82) is 5.26 Å². The van der Waals surface area contributed by atoms with Crippen LogP contribution in [0.15, 0.2) is 15.4 Å². The van der Waals surface area contributed by atoms with E-state index in [0.29, 0.717) is 17.4 Å². The first-order valence-corrected chi connectivity index (χ1v) is 4.42. The summed E-state index contributed by atoms with van der Waals surface area (Å²) in [5.74, 6) is 0.761. The lowest BCUT2D eigenvalue weighted by Crippen LogP contribution is -1.82. The van der Waals surface area contributed by atoms with Crippen LogP contribution < -0.4 is 0 Å². The van der Waals surface area contributed by atoms with E-state index in [0.717, 1.165) is 0 Å². The molecule has 0 aromatic carbocycles. The van der Waals surface area contributed by atoms with Crippen molar-refractivity contribution in [2.75, 3.05) is 0 Å². The molecule has 0 radical (unpaired) electrons. The Bertz CT molecular complexity index is 428. The second-order valence-corrected chi connectivity index (χ2v) is 2.94. The summed E-state index contributed by atoms with van der Waals surface area (Å²) in [7, 11) is 0. The van der Waals surface area contributed by atoms with Crippen LogP contribution in [-0.4, -0.2) is 15.1 Å². The van der Waals surface area contributed by atoms with Crippen LogP contribution >= 0.6 is 11.3 Å². The Hall–Kier alpha value is -1.74. The summed E-state index contributed by atoms with van der Waals surface area (Å²) >= 11 is 1.46. The molecule has 2 rings (SSSR count). The smallest absolute Gasteiger partial charge is 0.241 e. The maximum atomic E-state index is 8.37. The Labute approximate surface area is 77.7 Å². The number of thiazole rings is 1. The average molecular weight is 192 g/mol. The predicted octanol–water partition coefficient (Wildman–Crippen LogP) is 1.26. The molecule has 13 heavy (non-hydrogen) atoms. The first-order valence-electron chi connectivity index (χ1n) is 3.48. The highest BCUT2D eigenvalue weighted by molar-refractivity contribution is 7.07. The Morgan fingerprint density at radius 1 is 1.62 bits per heavy atom. The number of aromatic nitrogens is 3. The van der Waals surface area contributed by atoms with Crippen molar-refractivity contribution >= 4 is 11.3 Å². The number of nitrogens with zero attached hydrogens (tertiary/aromatic N) is 4. The second-order valence-electron chi connectivity index (χ2n) is 2.22. The van der Waals surface area contributed by atoms with Crippen molar-refractivity contribution in [2.45, 2.75) is 6.42 Å². The topological polar surface area (TPSA) is 75.6 Å². The highest BCUT2D eigenvalue weighted by Gasteiger charge is 2.08. The molecule has 0 unspecified atom stereocenters. The van der Waals surface area contributed by atoms with E-state index in [-0.39, 0.29) is 6.42 Å². The number of nitriles is 1. The van der Waals surface area contributed by atoms with Crippen LogP contribution in [0.2, 0.25) is 0 Å². The molecule has 2 aromatic rings. The van der Waals surface area contributed by atoms with Crippen molar-refractivity contribution in [3.63, 3.8) is 0 Å². The monoisotopic (exact) mass is 192 g/mol. The molecule has 0 saturated heterocycles. The van der Waals surface area contributed by atoms with E-state index in [1.54, 1.807) is 5.51 Å². The van der Waals surface area contributed by atoms with Crippen LogP contribution in [0.25, 0.3) is 11.5 Å². The molecule has 6 heteroatoms. The molecule has 0 aliphatic heterocycles. The molecule has 0 aliphatic rings. The van der Waals surface area contributed by atoms with Crippen molar-refractivity contribution < 1.29 is 4.52 Å². The van der Waals surface area contributed by atoms with E-state index in [2.05, 4.69) is 15.1 Å². The van der Waals surface area contributed by atoms with E-state index in [1.807, 2.05) is 11.4 Å². The number of rotatable bonds is 2. The molecule has 0 saturated carbocycles. The van der Waals surface area contributed by atoms with Gasteiger partial charge < -0.3 is 4.52 Å². The minimum Gasteiger partial charge on any atom is -0.338 e. The molecule has 5 nitrogen and oxygen atoms in total. The minimum atomic E-state index is 0.136. The fourth-order valence-electron chi connectivity index (χ4n) is 0.821. The summed E-state index contributed by atoms with van der Waals surface area (Å²) in [6, 6.07) is 1.93. The molecule has 0 fully saturated rings. The zero-order chi connectivity index (χ0) is 9.10. The van der Waals surface area contributed by atoms with Gasteiger partial charge in [-0.1, -0.05) is 5.16 Å². The summed E-state index contributed by atoms with van der Waals surface area (Å²) in [4.78, 5) is 8.00. The Kier molecular flexibility index (Phi) is 2.02. The van der Waals surface area contributed by atoms with Gasteiger partial charge in [-0.05, 0) is 0 Å². The van der Waals surface area contributed by atoms with Crippen LogP contribution in [0, 0.1) is 11.3 Å². The van der Waals surface area contributed by atoms with Gasteiger partial charge in [-0.2, -0.15) is 10.2 Å². The molecule has 64 valence electrons. The number of hydrogen-bond acceptors (Lipinski definition) is 6. The van der Waals surface area contributed by atoms with Crippen molar-refractivity contribution in [1.82, 2.24) is 15.1 Å². The van der Waals surface area contributed by atoms with Crippen LogP contribution in [0.3, 0.4) is 0 Å².